The minimum Gasteiger partial charge on any atom is -0.380 e. The lowest BCUT2D eigenvalue weighted by Gasteiger charge is -2.22. The molecule has 14 heavy (non-hydrogen) atoms. The van der Waals surface area contributed by atoms with E-state index in [2.05, 4.69) is 39.9 Å². The van der Waals surface area contributed by atoms with Gasteiger partial charge in [0.05, 0.1) is 6.61 Å². The molecule has 2 nitrogen and oxygen atoms in total. The van der Waals surface area contributed by atoms with Crippen molar-refractivity contribution in [3.63, 3.8) is 0 Å². The van der Waals surface area contributed by atoms with Crippen molar-refractivity contribution >= 4 is 0 Å². The van der Waals surface area contributed by atoms with E-state index in [0.717, 1.165) is 19.8 Å². The molecule has 0 radical (unpaired) electrons. The first-order valence-corrected chi connectivity index (χ1v) is 5.89. The van der Waals surface area contributed by atoms with Crippen LogP contribution in [0.15, 0.2) is 0 Å². The van der Waals surface area contributed by atoms with Crippen LogP contribution in [-0.2, 0) is 4.74 Å². The van der Waals surface area contributed by atoms with Crippen LogP contribution >= 0.6 is 0 Å². The van der Waals surface area contributed by atoms with E-state index in [1.807, 2.05) is 0 Å². The highest BCUT2D eigenvalue weighted by Gasteiger charge is 2.12. The van der Waals surface area contributed by atoms with Crippen molar-refractivity contribution in [2.24, 2.45) is 11.8 Å². The minimum absolute atomic E-state index is 0.508. The van der Waals surface area contributed by atoms with Crippen LogP contribution in [-0.4, -0.2) is 25.8 Å². The quantitative estimate of drug-likeness (QED) is 0.652. The van der Waals surface area contributed by atoms with Gasteiger partial charge in [0.1, 0.15) is 0 Å². The van der Waals surface area contributed by atoms with Gasteiger partial charge in [-0.05, 0) is 24.8 Å². The Morgan fingerprint density at radius 2 is 1.71 bits per heavy atom. The molecule has 1 unspecified atom stereocenters. The predicted octanol–water partition coefficient (Wildman–Crippen LogP) is 2.68. The molecule has 1 N–H and O–H groups in total. The van der Waals surface area contributed by atoms with Gasteiger partial charge in [-0.3, -0.25) is 0 Å². The van der Waals surface area contributed by atoms with Crippen molar-refractivity contribution in [3.05, 3.63) is 0 Å². The molecule has 0 heterocycles. The van der Waals surface area contributed by atoms with Gasteiger partial charge in [-0.2, -0.15) is 0 Å². The predicted molar refractivity (Wildman–Crippen MR) is 62.6 cm³/mol. The summed E-state index contributed by atoms with van der Waals surface area (Å²) in [5, 5.41) is 3.52. The Morgan fingerprint density at radius 3 is 2.14 bits per heavy atom. The summed E-state index contributed by atoms with van der Waals surface area (Å²) in [7, 11) is 0. The Hall–Kier alpha value is -0.0800. The lowest BCUT2D eigenvalue weighted by atomic mass is 10.1. The summed E-state index contributed by atoms with van der Waals surface area (Å²) in [4.78, 5) is 0. The number of nitrogens with one attached hydrogen (secondary N) is 1. The Balaban J connectivity index is 3.62. The molecule has 0 aromatic rings. The molecule has 0 amide bonds. The zero-order valence-corrected chi connectivity index (χ0v) is 10.5. The SMILES string of the molecule is CCCNC(COCC(C)C)C(C)C. The molecule has 0 fully saturated rings. The Bertz CT molecular complexity index is 123. The first-order valence-electron chi connectivity index (χ1n) is 5.89. The van der Waals surface area contributed by atoms with Crippen LogP contribution in [0.1, 0.15) is 41.0 Å². The standard InChI is InChI=1S/C12H27NO/c1-6-7-13-12(11(4)5)9-14-8-10(2)3/h10-13H,6-9H2,1-5H3. The van der Waals surface area contributed by atoms with Gasteiger partial charge in [-0.15, -0.1) is 0 Å². The normalized spacial score (nSPS) is 13.9. The van der Waals surface area contributed by atoms with Crippen molar-refractivity contribution in [2.75, 3.05) is 19.8 Å². The third kappa shape index (κ3) is 7.34. The maximum atomic E-state index is 5.65. The van der Waals surface area contributed by atoms with Gasteiger partial charge >= 0.3 is 0 Å². The molecule has 0 spiro atoms. The number of rotatable bonds is 8. The van der Waals surface area contributed by atoms with Crippen molar-refractivity contribution in [3.8, 4) is 0 Å². The third-order valence-electron chi connectivity index (χ3n) is 2.21. The number of hydrogen-bond donors (Lipinski definition) is 1. The second kappa shape index (κ2) is 8.25. The van der Waals surface area contributed by atoms with E-state index in [1.165, 1.54) is 6.42 Å². The van der Waals surface area contributed by atoms with Gasteiger partial charge in [0.25, 0.3) is 0 Å². The maximum Gasteiger partial charge on any atom is 0.0622 e. The van der Waals surface area contributed by atoms with E-state index in [0.29, 0.717) is 17.9 Å². The minimum atomic E-state index is 0.508. The van der Waals surface area contributed by atoms with Crippen LogP contribution in [0.3, 0.4) is 0 Å². The Labute approximate surface area is 89.4 Å². The molecule has 0 bridgehead atoms. The fraction of sp³-hybridized carbons (Fsp3) is 1.00. The molecule has 0 aliphatic rings. The summed E-state index contributed by atoms with van der Waals surface area (Å²) >= 11 is 0. The summed E-state index contributed by atoms with van der Waals surface area (Å²) in [5.74, 6) is 1.28. The first-order chi connectivity index (χ1) is 6.57. The highest BCUT2D eigenvalue weighted by Crippen LogP contribution is 2.03. The lowest BCUT2D eigenvalue weighted by molar-refractivity contribution is 0.0792. The molecule has 2 heteroatoms. The van der Waals surface area contributed by atoms with Gasteiger partial charge in [0.2, 0.25) is 0 Å². The molecule has 0 saturated heterocycles. The summed E-state index contributed by atoms with van der Waals surface area (Å²) < 4.78 is 5.65. The van der Waals surface area contributed by atoms with Crippen molar-refractivity contribution in [2.45, 2.75) is 47.1 Å². The lowest BCUT2D eigenvalue weighted by Crippen LogP contribution is -2.38. The van der Waals surface area contributed by atoms with E-state index in [4.69, 9.17) is 4.74 Å². The molecule has 0 aliphatic heterocycles. The van der Waals surface area contributed by atoms with Crippen LogP contribution in [0.5, 0.6) is 0 Å². The molecule has 0 aromatic carbocycles. The Kier molecular flexibility index (Phi) is 8.20. The van der Waals surface area contributed by atoms with Crippen LogP contribution in [0, 0.1) is 11.8 Å². The van der Waals surface area contributed by atoms with E-state index in [1.54, 1.807) is 0 Å². The van der Waals surface area contributed by atoms with Crippen LogP contribution in [0.2, 0.25) is 0 Å². The van der Waals surface area contributed by atoms with Crippen molar-refractivity contribution in [1.82, 2.24) is 5.32 Å². The van der Waals surface area contributed by atoms with Gasteiger partial charge in [-0.25, -0.2) is 0 Å². The molecular weight excluding hydrogens is 174 g/mol. The van der Waals surface area contributed by atoms with Gasteiger partial charge < -0.3 is 10.1 Å². The van der Waals surface area contributed by atoms with Gasteiger partial charge in [-0.1, -0.05) is 34.6 Å². The smallest absolute Gasteiger partial charge is 0.0622 e. The van der Waals surface area contributed by atoms with Gasteiger partial charge in [0, 0.05) is 12.6 Å². The zero-order valence-electron chi connectivity index (χ0n) is 10.5. The third-order valence-corrected chi connectivity index (χ3v) is 2.21. The molecule has 0 rings (SSSR count). The molecule has 0 aromatic heterocycles. The molecular formula is C12H27NO. The van der Waals surface area contributed by atoms with Crippen molar-refractivity contribution < 1.29 is 4.74 Å². The molecule has 0 aliphatic carbocycles. The number of ether oxygens (including phenoxy) is 1. The van der Waals surface area contributed by atoms with E-state index >= 15 is 0 Å². The average Bonchev–Trinajstić information content (AvgIpc) is 2.09. The van der Waals surface area contributed by atoms with E-state index in [9.17, 15) is 0 Å². The zero-order chi connectivity index (χ0) is 11.0. The maximum absolute atomic E-state index is 5.65. The highest BCUT2D eigenvalue weighted by atomic mass is 16.5. The Morgan fingerprint density at radius 1 is 1.07 bits per heavy atom. The highest BCUT2D eigenvalue weighted by molar-refractivity contribution is 4.69. The van der Waals surface area contributed by atoms with Gasteiger partial charge in [0.15, 0.2) is 0 Å². The van der Waals surface area contributed by atoms with Crippen LogP contribution < -0.4 is 5.32 Å². The van der Waals surface area contributed by atoms with Crippen LogP contribution in [0.4, 0.5) is 0 Å². The summed E-state index contributed by atoms with van der Waals surface area (Å²) in [5.41, 5.74) is 0. The topological polar surface area (TPSA) is 21.3 Å². The molecule has 86 valence electrons. The summed E-state index contributed by atoms with van der Waals surface area (Å²) in [6.07, 6.45) is 1.19. The summed E-state index contributed by atoms with van der Waals surface area (Å²) in [6, 6.07) is 0.508. The first kappa shape index (κ1) is 13.9. The second-order valence-corrected chi connectivity index (χ2v) is 4.74. The largest absolute Gasteiger partial charge is 0.380 e. The van der Waals surface area contributed by atoms with E-state index < -0.39 is 0 Å². The fourth-order valence-corrected chi connectivity index (χ4v) is 1.25. The van der Waals surface area contributed by atoms with Crippen LogP contribution in [0.25, 0.3) is 0 Å². The fourth-order valence-electron chi connectivity index (χ4n) is 1.25. The molecule has 0 saturated carbocycles. The van der Waals surface area contributed by atoms with E-state index in [-0.39, 0.29) is 0 Å². The number of hydrogen-bond acceptors (Lipinski definition) is 2. The summed E-state index contributed by atoms with van der Waals surface area (Å²) in [6.45, 7) is 13.9. The second-order valence-electron chi connectivity index (χ2n) is 4.74. The average molecular weight is 201 g/mol. The molecule has 1 atom stereocenters. The van der Waals surface area contributed by atoms with Crippen molar-refractivity contribution in [1.29, 1.82) is 0 Å². The monoisotopic (exact) mass is 201 g/mol.